The molecule has 0 unspecified atom stereocenters. The van der Waals surface area contributed by atoms with Crippen LogP contribution in [0.15, 0.2) is 59.5 Å². The lowest BCUT2D eigenvalue weighted by molar-refractivity contribution is -0.122. The smallest absolute Gasteiger partial charge is 0.243 e. The first-order valence-electron chi connectivity index (χ1n) is 11.3. The number of aryl methyl sites for hydroxylation is 4. The van der Waals surface area contributed by atoms with Gasteiger partial charge in [-0.1, -0.05) is 59.1 Å². The zero-order valence-electron chi connectivity index (χ0n) is 20.5. The summed E-state index contributed by atoms with van der Waals surface area (Å²) in [5.74, 6) is -0.407. The number of benzene rings is 3. The molecule has 186 valence electrons. The number of nitrogens with one attached hydrogen (secondary N) is 1. The maximum absolute atomic E-state index is 13.5. The molecule has 3 rings (SSSR count). The summed E-state index contributed by atoms with van der Waals surface area (Å²) in [6.45, 7) is 9.42. The van der Waals surface area contributed by atoms with Crippen molar-refractivity contribution < 1.29 is 13.2 Å². The SMILES string of the molecule is Cc1ccc(S(=O)(=O)N(CC(=O)N[C@@H](C)c2cc(C)c(C)cc2C)Cc2ccc(Cl)cc2Cl)cc1. The lowest BCUT2D eigenvalue weighted by atomic mass is 9.96. The molecule has 3 aromatic rings. The summed E-state index contributed by atoms with van der Waals surface area (Å²) in [6.07, 6.45) is 0. The summed E-state index contributed by atoms with van der Waals surface area (Å²) >= 11 is 12.3. The van der Waals surface area contributed by atoms with Crippen molar-refractivity contribution in [2.24, 2.45) is 0 Å². The predicted molar refractivity (Wildman–Crippen MR) is 142 cm³/mol. The molecule has 35 heavy (non-hydrogen) atoms. The Hall–Kier alpha value is -2.38. The van der Waals surface area contributed by atoms with E-state index >= 15 is 0 Å². The highest BCUT2D eigenvalue weighted by atomic mass is 35.5. The highest BCUT2D eigenvalue weighted by Crippen LogP contribution is 2.26. The van der Waals surface area contributed by atoms with Gasteiger partial charge < -0.3 is 5.32 Å². The molecule has 0 bridgehead atoms. The van der Waals surface area contributed by atoms with Gasteiger partial charge in [-0.2, -0.15) is 4.31 Å². The Balaban J connectivity index is 1.89. The number of halogens is 2. The summed E-state index contributed by atoms with van der Waals surface area (Å²) in [5.41, 5.74) is 5.87. The Morgan fingerprint density at radius 3 is 2.17 bits per heavy atom. The van der Waals surface area contributed by atoms with E-state index in [1.807, 2.05) is 34.6 Å². The van der Waals surface area contributed by atoms with Crippen LogP contribution in [-0.4, -0.2) is 25.2 Å². The van der Waals surface area contributed by atoms with Crippen molar-refractivity contribution in [1.29, 1.82) is 0 Å². The van der Waals surface area contributed by atoms with E-state index in [2.05, 4.69) is 17.4 Å². The highest BCUT2D eigenvalue weighted by molar-refractivity contribution is 7.89. The second-order valence-electron chi connectivity index (χ2n) is 8.90. The average molecular weight is 534 g/mol. The lowest BCUT2D eigenvalue weighted by Gasteiger charge is -2.24. The topological polar surface area (TPSA) is 66.5 Å². The number of carbonyl (C=O) groups excluding carboxylic acids is 1. The Kier molecular flexibility index (Phi) is 8.65. The van der Waals surface area contributed by atoms with E-state index in [-0.39, 0.29) is 24.0 Å². The molecule has 5 nitrogen and oxygen atoms in total. The van der Waals surface area contributed by atoms with Gasteiger partial charge in [0.1, 0.15) is 0 Å². The van der Waals surface area contributed by atoms with Gasteiger partial charge in [0.2, 0.25) is 15.9 Å². The first kappa shape index (κ1) is 27.2. The molecule has 0 spiro atoms. The van der Waals surface area contributed by atoms with Crippen molar-refractivity contribution in [2.45, 2.75) is 52.1 Å². The van der Waals surface area contributed by atoms with E-state index in [1.165, 1.54) is 5.56 Å². The number of nitrogens with zero attached hydrogens (tertiary/aromatic N) is 1. The van der Waals surface area contributed by atoms with Crippen LogP contribution in [0.4, 0.5) is 0 Å². The van der Waals surface area contributed by atoms with Crippen LogP contribution in [0.3, 0.4) is 0 Å². The molecule has 8 heteroatoms. The maximum atomic E-state index is 13.5. The van der Waals surface area contributed by atoms with Crippen molar-refractivity contribution in [3.8, 4) is 0 Å². The maximum Gasteiger partial charge on any atom is 0.243 e. The summed E-state index contributed by atoms with van der Waals surface area (Å²) < 4.78 is 28.2. The van der Waals surface area contributed by atoms with E-state index in [4.69, 9.17) is 23.2 Å². The van der Waals surface area contributed by atoms with Gasteiger partial charge in [-0.05, 0) is 86.7 Å². The second-order valence-corrected chi connectivity index (χ2v) is 11.7. The zero-order chi connectivity index (χ0) is 25.9. The van der Waals surface area contributed by atoms with Crippen LogP contribution in [0.5, 0.6) is 0 Å². The number of amides is 1. The minimum absolute atomic E-state index is 0.0727. The van der Waals surface area contributed by atoms with Crippen LogP contribution in [-0.2, 0) is 21.4 Å². The fourth-order valence-electron chi connectivity index (χ4n) is 3.90. The Labute approximate surface area is 218 Å². The van der Waals surface area contributed by atoms with E-state index < -0.39 is 15.9 Å². The second kappa shape index (κ2) is 11.1. The Morgan fingerprint density at radius 2 is 1.54 bits per heavy atom. The molecule has 0 aliphatic rings. The molecule has 0 aliphatic carbocycles. The van der Waals surface area contributed by atoms with Crippen molar-refractivity contribution in [3.63, 3.8) is 0 Å². The number of hydrogen-bond donors (Lipinski definition) is 1. The summed E-state index contributed by atoms with van der Waals surface area (Å²) in [6, 6.07) is 15.3. The van der Waals surface area contributed by atoms with Gasteiger partial charge in [0.05, 0.1) is 17.5 Å². The van der Waals surface area contributed by atoms with Gasteiger partial charge in [0, 0.05) is 16.6 Å². The van der Waals surface area contributed by atoms with Crippen molar-refractivity contribution in [3.05, 3.63) is 98.0 Å². The molecule has 0 saturated carbocycles. The minimum Gasteiger partial charge on any atom is -0.348 e. The lowest BCUT2D eigenvalue weighted by Crippen LogP contribution is -2.41. The van der Waals surface area contributed by atoms with Crippen LogP contribution in [0.1, 0.15) is 46.3 Å². The molecule has 1 amide bonds. The quantitative estimate of drug-likeness (QED) is 0.370. The van der Waals surface area contributed by atoms with Crippen LogP contribution < -0.4 is 5.32 Å². The monoisotopic (exact) mass is 532 g/mol. The van der Waals surface area contributed by atoms with Gasteiger partial charge in [-0.15, -0.1) is 0 Å². The molecule has 0 fully saturated rings. The van der Waals surface area contributed by atoms with Crippen molar-refractivity contribution >= 4 is 39.1 Å². The van der Waals surface area contributed by atoms with Gasteiger partial charge >= 0.3 is 0 Å². The first-order chi connectivity index (χ1) is 16.4. The standard InChI is InChI=1S/C27H30Cl2N2O3S/c1-17-6-10-24(11-7-17)35(33,34)31(15-22-8-9-23(28)14-26(22)29)16-27(32)30-21(5)25-13-19(3)18(2)12-20(25)4/h6-14,21H,15-16H2,1-5H3,(H,30,32)/t21-/m0/s1. The average Bonchev–Trinajstić information content (AvgIpc) is 2.77. The molecule has 0 aromatic heterocycles. The van der Waals surface area contributed by atoms with Crippen LogP contribution in [0, 0.1) is 27.7 Å². The molecular formula is C27H30Cl2N2O3S. The largest absolute Gasteiger partial charge is 0.348 e. The Bertz CT molecular complexity index is 1340. The third kappa shape index (κ3) is 6.64. The van der Waals surface area contributed by atoms with Gasteiger partial charge in [-0.25, -0.2) is 8.42 Å². The van der Waals surface area contributed by atoms with E-state index in [9.17, 15) is 13.2 Å². The molecule has 3 aromatic carbocycles. The minimum atomic E-state index is -3.98. The molecule has 1 N–H and O–H groups in total. The predicted octanol–water partition coefficient (Wildman–Crippen LogP) is 6.30. The van der Waals surface area contributed by atoms with Crippen molar-refractivity contribution in [1.82, 2.24) is 9.62 Å². The van der Waals surface area contributed by atoms with Crippen LogP contribution >= 0.6 is 23.2 Å². The number of carbonyl (C=O) groups is 1. The summed E-state index contributed by atoms with van der Waals surface area (Å²) in [7, 11) is -3.98. The molecule has 0 heterocycles. The molecule has 0 saturated heterocycles. The van der Waals surface area contributed by atoms with Crippen LogP contribution in [0.2, 0.25) is 10.0 Å². The molecular weight excluding hydrogens is 503 g/mol. The van der Waals surface area contributed by atoms with Gasteiger partial charge in [0.15, 0.2) is 0 Å². The molecule has 0 radical (unpaired) electrons. The fraction of sp³-hybridized carbons (Fsp3) is 0.296. The first-order valence-corrected chi connectivity index (χ1v) is 13.5. The molecule has 1 atom stereocenters. The van der Waals surface area contributed by atoms with Crippen molar-refractivity contribution in [2.75, 3.05) is 6.54 Å². The summed E-state index contributed by atoms with van der Waals surface area (Å²) in [5, 5.41) is 3.74. The van der Waals surface area contributed by atoms with Crippen LogP contribution in [0.25, 0.3) is 0 Å². The van der Waals surface area contributed by atoms with E-state index in [0.29, 0.717) is 15.6 Å². The van der Waals surface area contributed by atoms with Gasteiger partial charge in [0.25, 0.3) is 0 Å². The normalized spacial score (nSPS) is 12.6. The zero-order valence-corrected chi connectivity index (χ0v) is 22.9. The number of rotatable bonds is 8. The van der Waals surface area contributed by atoms with E-state index in [0.717, 1.165) is 26.6 Å². The fourth-order valence-corrected chi connectivity index (χ4v) is 5.74. The van der Waals surface area contributed by atoms with E-state index in [1.54, 1.807) is 42.5 Å². The summed E-state index contributed by atoms with van der Waals surface area (Å²) in [4.78, 5) is 13.2. The molecule has 0 aliphatic heterocycles. The number of sulfonamides is 1. The number of hydrogen-bond acceptors (Lipinski definition) is 3. The third-order valence-electron chi connectivity index (χ3n) is 6.07. The highest BCUT2D eigenvalue weighted by Gasteiger charge is 2.28. The Morgan fingerprint density at radius 1 is 0.914 bits per heavy atom. The third-order valence-corrected chi connectivity index (χ3v) is 8.46. The van der Waals surface area contributed by atoms with Gasteiger partial charge in [-0.3, -0.25) is 4.79 Å².